The Balaban J connectivity index is 2.47. The van der Waals surface area contributed by atoms with Crippen molar-refractivity contribution in [3.05, 3.63) is 23.2 Å². The molecule has 0 aliphatic heterocycles. The van der Waals surface area contributed by atoms with Crippen LogP contribution in [0.4, 0.5) is 11.6 Å². The predicted molar refractivity (Wildman–Crippen MR) is 79.6 cm³/mol. The lowest BCUT2D eigenvalue weighted by atomic mass is 10.2. The molecule has 0 fully saturated rings. The second kappa shape index (κ2) is 6.86. The molecule has 2 rings (SSSR count). The van der Waals surface area contributed by atoms with E-state index >= 15 is 0 Å². The van der Waals surface area contributed by atoms with Crippen molar-refractivity contribution in [2.45, 2.75) is 11.8 Å². The maximum Gasteiger partial charge on any atom is 0.231 e. The minimum absolute atomic E-state index is 0.0187. The van der Waals surface area contributed by atoms with E-state index < -0.39 is 11.1 Å². The van der Waals surface area contributed by atoms with Crippen LogP contribution in [0.2, 0.25) is 5.28 Å². The van der Waals surface area contributed by atoms with Gasteiger partial charge in [-0.2, -0.15) is 9.97 Å². The predicted octanol–water partition coefficient (Wildman–Crippen LogP) is 1.83. The first kappa shape index (κ1) is 16.4. The van der Waals surface area contributed by atoms with E-state index in [4.69, 9.17) is 21.1 Å². The van der Waals surface area contributed by atoms with E-state index in [0.29, 0.717) is 11.5 Å². The Kier molecular flexibility index (Phi) is 5.11. The molecule has 0 saturated carbocycles. The summed E-state index contributed by atoms with van der Waals surface area (Å²) >= 11 is 3.32. The third-order valence-electron chi connectivity index (χ3n) is 2.63. The summed E-state index contributed by atoms with van der Waals surface area (Å²) in [6, 6.07) is 2.80. The van der Waals surface area contributed by atoms with Crippen LogP contribution in [-0.4, -0.2) is 37.9 Å². The van der Waals surface area contributed by atoms with Gasteiger partial charge < -0.3 is 19.3 Å². The molecule has 1 atom stereocenters. The second-order valence-electron chi connectivity index (χ2n) is 4.04. The first-order valence-electron chi connectivity index (χ1n) is 5.95. The zero-order chi connectivity index (χ0) is 16.3. The Morgan fingerprint density at radius 2 is 1.86 bits per heavy atom. The number of anilines is 2. The Morgan fingerprint density at radius 1 is 1.18 bits per heavy atom. The molecule has 0 aliphatic carbocycles. The zero-order valence-corrected chi connectivity index (χ0v) is 13.5. The summed E-state index contributed by atoms with van der Waals surface area (Å²) in [6.07, 6.45) is 0. The summed E-state index contributed by atoms with van der Waals surface area (Å²) in [4.78, 5) is 11.9. The summed E-state index contributed by atoms with van der Waals surface area (Å²) in [5, 5.41) is 2.93. The maximum atomic E-state index is 11.2. The Labute approximate surface area is 134 Å². The normalized spacial score (nSPS) is 11.9. The van der Waals surface area contributed by atoms with Crippen LogP contribution in [0.3, 0.4) is 0 Å². The van der Waals surface area contributed by atoms with Gasteiger partial charge in [0.2, 0.25) is 11.2 Å². The highest BCUT2D eigenvalue weighted by atomic mass is 35.5. The average Bonchev–Trinajstić information content (AvgIpc) is 2.45. The van der Waals surface area contributed by atoms with Crippen molar-refractivity contribution in [2.24, 2.45) is 0 Å². The fourth-order valence-electron chi connectivity index (χ4n) is 1.72. The van der Waals surface area contributed by atoms with Gasteiger partial charge >= 0.3 is 0 Å². The standard InChI is InChI=1S/C12H13ClN4O4S/c1-6-14-11(13)17-12(15-6)16-7-4-9(21-3)10(22(18)19)5-8(7)20-2/h4-5H,1-3H3,(H,18,19)(H,14,15,16,17)/p-1. The van der Waals surface area contributed by atoms with Gasteiger partial charge in [-0.25, -0.2) is 4.98 Å². The van der Waals surface area contributed by atoms with E-state index in [9.17, 15) is 8.76 Å². The van der Waals surface area contributed by atoms with Gasteiger partial charge in [0.1, 0.15) is 17.3 Å². The third-order valence-corrected chi connectivity index (χ3v) is 3.48. The summed E-state index contributed by atoms with van der Waals surface area (Å²) in [5.74, 6) is 1.09. The molecule has 0 amide bonds. The lowest BCUT2D eigenvalue weighted by molar-refractivity contribution is 0.392. The molecule has 8 nitrogen and oxygen atoms in total. The van der Waals surface area contributed by atoms with Crippen LogP contribution in [0.15, 0.2) is 17.0 Å². The molecule has 0 aliphatic rings. The Bertz CT molecular complexity index is 708. The van der Waals surface area contributed by atoms with E-state index in [2.05, 4.69) is 20.3 Å². The molecular formula is C12H12ClN4O4S-. The highest BCUT2D eigenvalue weighted by Crippen LogP contribution is 2.35. The van der Waals surface area contributed by atoms with Crippen molar-refractivity contribution in [2.75, 3.05) is 19.5 Å². The molecular weight excluding hydrogens is 332 g/mol. The van der Waals surface area contributed by atoms with E-state index in [1.807, 2.05) is 0 Å². The number of rotatable bonds is 5. The molecule has 1 N–H and O–H groups in total. The molecule has 118 valence electrons. The Morgan fingerprint density at radius 3 is 2.41 bits per heavy atom. The number of nitrogens with one attached hydrogen (secondary N) is 1. The smallest absolute Gasteiger partial charge is 0.231 e. The van der Waals surface area contributed by atoms with Crippen molar-refractivity contribution in [1.82, 2.24) is 15.0 Å². The molecule has 1 aromatic carbocycles. The number of hydrogen-bond acceptors (Lipinski definition) is 8. The SMILES string of the molecule is COc1cc(S(=O)[O-])c(OC)cc1Nc1nc(C)nc(Cl)n1. The third kappa shape index (κ3) is 3.62. The monoisotopic (exact) mass is 343 g/mol. The van der Waals surface area contributed by atoms with Crippen molar-refractivity contribution in [3.8, 4) is 11.5 Å². The van der Waals surface area contributed by atoms with Crippen LogP contribution < -0.4 is 14.8 Å². The molecule has 0 radical (unpaired) electrons. The highest BCUT2D eigenvalue weighted by molar-refractivity contribution is 7.79. The largest absolute Gasteiger partial charge is 0.768 e. The van der Waals surface area contributed by atoms with Crippen molar-refractivity contribution < 1.29 is 18.2 Å². The fourth-order valence-corrected chi connectivity index (χ4v) is 2.44. The van der Waals surface area contributed by atoms with Gasteiger partial charge in [-0.15, -0.1) is 0 Å². The molecule has 1 heterocycles. The van der Waals surface area contributed by atoms with Gasteiger partial charge in [-0.1, -0.05) is 0 Å². The summed E-state index contributed by atoms with van der Waals surface area (Å²) in [6.45, 7) is 1.67. The number of methoxy groups -OCH3 is 2. The minimum Gasteiger partial charge on any atom is -0.768 e. The number of aromatic nitrogens is 3. The van der Waals surface area contributed by atoms with Gasteiger partial charge in [0, 0.05) is 12.1 Å². The van der Waals surface area contributed by atoms with Crippen LogP contribution in [0.25, 0.3) is 0 Å². The Hall–Kier alpha value is -1.97. The topological polar surface area (TPSA) is 109 Å². The molecule has 1 aromatic heterocycles. The minimum atomic E-state index is -2.46. The first-order chi connectivity index (χ1) is 10.4. The summed E-state index contributed by atoms with van der Waals surface area (Å²) in [5.41, 5.74) is 0.426. The van der Waals surface area contributed by atoms with Gasteiger partial charge in [-0.05, 0) is 29.6 Å². The van der Waals surface area contributed by atoms with Crippen molar-refractivity contribution in [3.63, 3.8) is 0 Å². The van der Waals surface area contributed by atoms with Crippen LogP contribution in [0.5, 0.6) is 11.5 Å². The van der Waals surface area contributed by atoms with Crippen LogP contribution in [0, 0.1) is 6.92 Å². The van der Waals surface area contributed by atoms with Gasteiger partial charge in [0.05, 0.1) is 24.8 Å². The molecule has 10 heteroatoms. The molecule has 0 bridgehead atoms. The molecule has 0 saturated heterocycles. The van der Waals surface area contributed by atoms with Crippen LogP contribution in [-0.2, 0) is 11.1 Å². The fraction of sp³-hybridized carbons (Fsp3) is 0.250. The van der Waals surface area contributed by atoms with Crippen LogP contribution in [0.1, 0.15) is 5.82 Å². The van der Waals surface area contributed by atoms with Crippen molar-refractivity contribution >= 4 is 34.3 Å². The molecule has 1 unspecified atom stereocenters. The number of ether oxygens (including phenoxy) is 2. The van der Waals surface area contributed by atoms with E-state index in [-0.39, 0.29) is 27.6 Å². The number of halogens is 1. The van der Waals surface area contributed by atoms with Crippen molar-refractivity contribution in [1.29, 1.82) is 0 Å². The lowest BCUT2D eigenvalue weighted by Crippen LogP contribution is -2.04. The van der Waals surface area contributed by atoms with E-state index in [1.165, 1.54) is 26.4 Å². The van der Waals surface area contributed by atoms with Gasteiger partial charge in [0.15, 0.2) is 0 Å². The highest BCUT2D eigenvalue weighted by Gasteiger charge is 2.13. The number of nitrogens with zero attached hydrogens (tertiary/aromatic N) is 3. The number of benzene rings is 1. The first-order valence-corrected chi connectivity index (χ1v) is 7.40. The average molecular weight is 344 g/mol. The second-order valence-corrected chi connectivity index (χ2v) is 5.29. The molecule has 2 aromatic rings. The summed E-state index contributed by atoms with van der Waals surface area (Å²) < 4.78 is 32.6. The van der Waals surface area contributed by atoms with Gasteiger partial charge in [-0.3, -0.25) is 4.21 Å². The zero-order valence-electron chi connectivity index (χ0n) is 11.9. The van der Waals surface area contributed by atoms with Crippen LogP contribution >= 0.6 is 11.6 Å². The molecule has 22 heavy (non-hydrogen) atoms. The van der Waals surface area contributed by atoms with Gasteiger partial charge in [0.25, 0.3) is 0 Å². The quantitative estimate of drug-likeness (QED) is 0.819. The number of hydrogen-bond donors (Lipinski definition) is 1. The summed E-state index contributed by atoms with van der Waals surface area (Å²) in [7, 11) is 2.78. The lowest BCUT2D eigenvalue weighted by Gasteiger charge is -2.16. The van der Waals surface area contributed by atoms with E-state index in [0.717, 1.165) is 0 Å². The van der Waals surface area contributed by atoms with E-state index in [1.54, 1.807) is 6.92 Å². The molecule has 0 spiro atoms. The number of aryl methyl sites for hydroxylation is 1. The maximum absolute atomic E-state index is 11.2.